The minimum absolute atomic E-state index is 0.199. The molecule has 0 bridgehead atoms. The molecule has 0 saturated carbocycles. The first-order valence-electron chi connectivity index (χ1n) is 7.61. The largest absolute Gasteiger partial charge is 0.497 e. The third-order valence-corrected chi connectivity index (χ3v) is 5.71. The van der Waals surface area contributed by atoms with Gasteiger partial charge in [0.15, 0.2) is 0 Å². The molecule has 0 spiro atoms. The quantitative estimate of drug-likeness (QED) is 0.470. The van der Waals surface area contributed by atoms with Crippen LogP contribution in [0.25, 0.3) is 21.3 Å². The number of ether oxygens (including phenoxy) is 1. The van der Waals surface area contributed by atoms with Crippen molar-refractivity contribution in [3.63, 3.8) is 0 Å². The van der Waals surface area contributed by atoms with Crippen LogP contribution in [0.3, 0.4) is 0 Å². The van der Waals surface area contributed by atoms with Crippen LogP contribution < -0.4 is 4.74 Å². The fourth-order valence-electron chi connectivity index (χ4n) is 2.52. The highest BCUT2D eigenvalue weighted by molar-refractivity contribution is 7.99. The van der Waals surface area contributed by atoms with E-state index in [1.54, 1.807) is 43.5 Å². The van der Waals surface area contributed by atoms with Gasteiger partial charge in [0.1, 0.15) is 27.7 Å². The van der Waals surface area contributed by atoms with Crippen molar-refractivity contribution < 1.29 is 9.53 Å². The number of carbonyl (C=O) groups is 1. The zero-order chi connectivity index (χ0) is 17.1. The van der Waals surface area contributed by atoms with E-state index in [0.29, 0.717) is 6.42 Å². The molecule has 2 aromatic heterocycles. The molecule has 0 N–H and O–H groups in total. The van der Waals surface area contributed by atoms with Gasteiger partial charge in [-0.1, -0.05) is 12.1 Å². The molecule has 0 saturated heterocycles. The molecule has 0 fully saturated rings. The summed E-state index contributed by atoms with van der Waals surface area (Å²) in [7, 11) is 1.66. The van der Waals surface area contributed by atoms with Gasteiger partial charge in [0.2, 0.25) is 0 Å². The zero-order valence-corrected chi connectivity index (χ0v) is 15.5. The summed E-state index contributed by atoms with van der Waals surface area (Å²) in [6.45, 7) is 3.73. The Morgan fingerprint density at radius 1 is 1.25 bits per heavy atom. The Morgan fingerprint density at radius 3 is 2.67 bits per heavy atom. The van der Waals surface area contributed by atoms with Crippen LogP contribution in [0.5, 0.6) is 5.75 Å². The van der Waals surface area contributed by atoms with Gasteiger partial charge < -0.3 is 4.74 Å². The summed E-state index contributed by atoms with van der Waals surface area (Å²) in [5.41, 5.74) is 2.30. The SMILES string of the molecule is COc1ccc(-c2c(C)sc3ncnc(SCCC(C)=O)c23)cc1. The van der Waals surface area contributed by atoms with E-state index < -0.39 is 0 Å². The maximum Gasteiger partial charge on any atom is 0.130 e. The number of nitrogens with zero attached hydrogens (tertiary/aromatic N) is 2. The van der Waals surface area contributed by atoms with E-state index in [1.165, 1.54) is 10.4 Å². The van der Waals surface area contributed by atoms with Crippen LogP contribution in [0.2, 0.25) is 0 Å². The Morgan fingerprint density at radius 2 is 2.00 bits per heavy atom. The Hall–Kier alpha value is -1.92. The number of benzene rings is 1. The smallest absolute Gasteiger partial charge is 0.130 e. The van der Waals surface area contributed by atoms with E-state index in [1.807, 2.05) is 12.1 Å². The number of rotatable bonds is 6. The molecule has 0 atom stereocenters. The van der Waals surface area contributed by atoms with E-state index in [0.717, 1.165) is 32.3 Å². The number of carbonyl (C=O) groups excluding carboxylic acids is 1. The number of fused-ring (bicyclic) bond motifs is 1. The van der Waals surface area contributed by atoms with Crippen LogP contribution in [-0.4, -0.2) is 28.6 Å². The van der Waals surface area contributed by atoms with Crippen molar-refractivity contribution >= 4 is 39.1 Å². The lowest BCUT2D eigenvalue weighted by molar-refractivity contribution is -0.116. The number of thioether (sulfide) groups is 1. The van der Waals surface area contributed by atoms with Gasteiger partial charge in [0.05, 0.1) is 12.5 Å². The van der Waals surface area contributed by atoms with Crippen LogP contribution >= 0.6 is 23.1 Å². The van der Waals surface area contributed by atoms with Crippen LogP contribution in [0.4, 0.5) is 0 Å². The third-order valence-electron chi connectivity index (χ3n) is 3.70. The molecular weight excluding hydrogens is 340 g/mol. The van der Waals surface area contributed by atoms with Gasteiger partial charge in [-0.2, -0.15) is 0 Å². The number of methoxy groups -OCH3 is 1. The zero-order valence-electron chi connectivity index (χ0n) is 13.8. The topological polar surface area (TPSA) is 52.1 Å². The molecule has 0 aliphatic rings. The predicted octanol–water partition coefficient (Wildman–Crippen LogP) is 4.75. The van der Waals surface area contributed by atoms with Gasteiger partial charge in [-0.15, -0.1) is 23.1 Å². The Bertz CT molecular complexity index is 873. The van der Waals surface area contributed by atoms with Gasteiger partial charge in [0, 0.05) is 22.6 Å². The minimum Gasteiger partial charge on any atom is -0.497 e. The monoisotopic (exact) mass is 358 g/mol. The lowest BCUT2D eigenvalue weighted by Crippen LogP contribution is -1.93. The second-order valence-electron chi connectivity index (χ2n) is 5.42. The first kappa shape index (κ1) is 16.9. The van der Waals surface area contributed by atoms with E-state index in [9.17, 15) is 4.79 Å². The van der Waals surface area contributed by atoms with Crippen LogP contribution in [0, 0.1) is 6.92 Å². The number of aryl methyl sites for hydroxylation is 1. The second-order valence-corrected chi connectivity index (χ2v) is 7.71. The maximum atomic E-state index is 11.2. The summed E-state index contributed by atoms with van der Waals surface area (Å²) >= 11 is 3.29. The van der Waals surface area contributed by atoms with E-state index in [4.69, 9.17) is 4.74 Å². The average Bonchev–Trinajstić information content (AvgIpc) is 2.91. The first-order valence-corrected chi connectivity index (χ1v) is 9.41. The molecule has 0 radical (unpaired) electrons. The molecule has 0 aliphatic carbocycles. The highest BCUT2D eigenvalue weighted by Gasteiger charge is 2.17. The summed E-state index contributed by atoms with van der Waals surface area (Å²) in [4.78, 5) is 22.3. The molecule has 24 heavy (non-hydrogen) atoms. The molecule has 2 heterocycles. The Labute approximate surface area is 149 Å². The summed E-state index contributed by atoms with van der Waals surface area (Å²) < 4.78 is 5.25. The van der Waals surface area contributed by atoms with Crippen molar-refractivity contribution in [1.29, 1.82) is 0 Å². The van der Waals surface area contributed by atoms with Gasteiger partial charge in [-0.05, 0) is 31.5 Å². The molecule has 4 nitrogen and oxygen atoms in total. The first-order chi connectivity index (χ1) is 11.6. The van der Waals surface area contributed by atoms with Crippen molar-refractivity contribution in [3.05, 3.63) is 35.5 Å². The summed E-state index contributed by atoms with van der Waals surface area (Å²) in [5, 5.41) is 2.02. The number of thiophene rings is 1. The van der Waals surface area contributed by atoms with Crippen molar-refractivity contribution in [2.24, 2.45) is 0 Å². The van der Waals surface area contributed by atoms with Gasteiger partial charge in [-0.3, -0.25) is 4.79 Å². The maximum absolute atomic E-state index is 11.2. The lowest BCUT2D eigenvalue weighted by atomic mass is 10.0. The number of aromatic nitrogens is 2. The van der Waals surface area contributed by atoms with Crippen LogP contribution in [0.1, 0.15) is 18.2 Å². The molecule has 3 rings (SSSR count). The normalized spacial score (nSPS) is 11.0. The molecule has 124 valence electrons. The summed E-state index contributed by atoms with van der Waals surface area (Å²) in [6.07, 6.45) is 2.16. The standard InChI is InChI=1S/C18H18N2O2S2/c1-11(21)8-9-23-17-16-15(12(2)24-18(16)20-10-19-17)13-4-6-14(22-3)7-5-13/h4-7,10H,8-9H2,1-3H3. The van der Waals surface area contributed by atoms with Crippen LogP contribution in [-0.2, 0) is 4.79 Å². The Balaban J connectivity index is 2.05. The molecule has 0 amide bonds. The number of hydrogen-bond acceptors (Lipinski definition) is 6. The van der Waals surface area contributed by atoms with Crippen molar-refractivity contribution in [1.82, 2.24) is 9.97 Å². The predicted molar refractivity (Wildman–Crippen MR) is 100 cm³/mol. The fourth-order valence-corrected chi connectivity index (χ4v) is 4.65. The fraction of sp³-hybridized carbons (Fsp3) is 0.278. The number of Topliss-reactive ketones (excluding diaryl/α,β-unsaturated/α-hetero) is 1. The minimum atomic E-state index is 0.199. The lowest BCUT2D eigenvalue weighted by Gasteiger charge is -2.07. The highest BCUT2D eigenvalue weighted by atomic mass is 32.2. The molecule has 6 heteroatoms. The highest BCUT2D eigenvalue weighted by Crippen LogP contribution is 2.41. The Kier molecular flexibility index (Phi) is 5.16. The average molecular weight is 358 g/mol. The van der Waals surface area contributed by atoms with Crippen molar-refractivity contribution in [2.45, 2.75) is 25.3 Å². The molecule has 3 aromatic rings. The van der Waals surface area contributed by atoms with E-state index in [-0.39, 0.29) is 5.78 Å². The van der Waals surface area contributed by atoms with E-state index >= 15 is 0 Å². The van der Waals surface area contributed by atoms with Crippen molar-refractivity contribution in [3.8, 4) is 16.9 Å². The van der Waals surface area contributed by atoms with E-state index in [2.05, 4.69) is 29.0 Å². The number of ketones is 1. The molecule has 0 aliphatic heterocycles. The third kappa shape index (κ3) is 3.44. The second kappa shape index (κ2) is 7.32. The number of hydrogen-bond donors (Lipinski definition) is 0. The van der Waals surface area contributed by atoms with Gasteiger partial charge in [-0.25, -0.2) is 9.97 Å². The van der Waals surface area contributed by atoms with Crippen LogP contribution in [0.15, 0.2) is 35.6 Å². The van der Waals surface area contributed by atoms with Crippen molar-refractivity contribution in [2.75, 3.05) is 12.9 Å². The molecule has 1 aromatic carbocycles. The molecular formula is C18H18N2O2S2. The van der Waals surface area contributed by atoms with Gasteiger partial charge >= 0.3 is 0 Å². The summed E-state index contributed by atoms with van der Waals surface area (Å²) in [6, 6.07) is 8.05. The van der Waals surface area contributed by atoms with Gasteiger partial charge in [0.25, 0.3) is 0 Å². The summed E-state index contributed by atoms with van der Waals surface area (Å²) in [5.74, 6) is 1.77. The molecule has 0 unspecified atom stereocenters.